The van der Waals surface area contributed by atoms with Gasteiger partial charge in [-0.05, 0) is 25.5 Å². The van der Waals surface area contributed by atoms with E-state index in [1.54, 1.807) is 5.51 Å². The van der Waals surface area contributed by atoms with Gasteiger partial charge in [-0.2, -0.15) is 0 Å². The molecule has 82 valence electrons. The van der Waals surface area contributed by atoms with E-state index >= 15 is 0 Å². The Morgan fingerprint density at radius 1 is 1.31 bits per heavy atom. The van der Waals surface area contributed by atoms with Gasteiger partial charge in [-0.3, -0.25) is 4.79 Å². The van der Waals surface area contributed by atoms with Crippen LogP contribution in [0, 0.1) is 13.8 Å². The van der Waals surface area contributed by atoms with Crippen molar-refractivity contribution in [3.05, 3.63) is 45.9 Å². The van der Waals surface area contributed by atoms with Gasteiger partial charge in [0, 0.05) is 5.69 Å². The Hall–Kier alpha value is -1.68. The van der Waals surface area contributed by atoms with Gasteiger partial charge < -0.3 is 5.32 Å². The zero-order valence-corrected chi connectivity index (χ0v) is 9.97. The molecule has 1 aromatic carbocycles. The van der Waals surface area contributed by atoms with Crippen molar-refractivity contribution >= 4 is 22.9 Å². The Balaban J connectivity index is 2.21. The van der Waals surface area contributed by atoms with Gasteiger partial charge in [-0.15, -0.1) is 11.3 Å². The number of thiazole rings is 1. The number of carbonyl (C=O) groups is 1. The van der Waals surface area contributed by atoms with Gasteiger partial charge in [0.15, 0.2) is 0 Å². The summed E-state index contributed by atoms with van der Waals surface area (Å²) in [6, 6.07) is 7.71. The highest BCUT2D eigenvalue weighted by Crippen LogP contribution is 2.17. The standard InChI is InChI=1S/C12H12N2OS/c1-8-5-3-4-6-10(8)14-12(15)11-9(2)13-7-16-11/h3-7H,1-2H3,(H,14,15). The van der Waals surface area contributed by atoms with Gasteiger partial charge >= 0.3 is 0 Å². The smallest absolute Gasteiger partial charge is 0.267 e. The molecule has 1 heterocycles. The van der Waals surface area contributed by atoms with Crippen molar-refractivity contribution in [1.29, 1.82) is 0 Å². The molecule has 0 aliphatic carbocycles. The lowest BCUT2D eigenvalue weighted by Gasteiger charge is -2.06. The fraction of sp³-hybridized carbons (Fsp3) is 0.167. The third-order valence-electron chi connectivity index (χ3n) is 2.35. The number of rotatable bonds is 2. The van der Waals surface area contributed by atoms with E-state index < -0.39 is 0 Å². The van der Waals surface area contributed by atoms with Crippen molar-refractivity contribution in [3.63, 3.8) is 0 Å². The number of nitrogens with zero attached hydrogens (tertiary/aromatic N) is 1. The van der Waals surface area contributed by atoms with Crippen molar-refractivity contribution in [2.24, 2.45) is 0 Å². The zero-order valence-electron chi connectivity index (χ0n) is 9.15. The highest BCUT2D eigenvalue weighted by atomic mass is 32.1. The first-order valence-electron chi connectivity index (χ1n) is 4.95. The van der Waals surface area contributed by atoms with E-state index in [-0.39, 0.29) is 5.91 Å². The third kappa shape index (κ3) is 2.12. The SMILES string of the molecule is Cc1ccccc1NC(=O)c1scnc1C. The largest absolute Gasteiger partial charge is 0.321 e. The Kier molecular flexibility index (Phi) is 3.01. The molecule has 0 radical (unpaired) electrons. The second kappa shape index (κ2) is 4.45. The second-order valence-electron chi connectivity index (χ2n) is 3.54. The highest BCUT2D eigenvalue weighted by Gasteiger charge is 2.12. The van der Waals surface area contributed by atoms with Crippen LogP contribution in [0.2, 0.25) is 0 Å². The van der Waals surface area contributed by atoms with Crippen LogP contribution in [-0.2, 0) is 0 Å². The number of amides is 1. The van der Waals surface area contributed by atoms with Crippen molar-refractivity contribution in [3.8, 4) is 0 Å². The lowest BCUT2D eigenvalue weighted by molar-refractivity contribution is 0.102. The van der Waals surface area contributed by atoms with Crippen LogP contribution in [0.5, 0.6) is 0 Å². The predicted octanol–water partition coefficient (Wildman–Crippen LogP) is 3.01. The Bertz CT molecular complexity index is 519. The molecule has 0 spiro atoms. The van der Waals surface area contributed by atoms with E-state index in [0.717, 1.165) is 16.9 Å². The summed E-state index contributed by atoms with van der Waals surface area (Å²) in [6.07, 6.45) is 0. The summed E-state index contributed by atoms with van der Waals surface area (Å²) in [6.45, 7) is 3.80. The van der Waals surface area contributed by atoms with Crippen LogP contribution in [0.3, 0.4) is 0 Å². The monoisotopic (exact) mass is 232 g/mol. The molecule has 0 bridgehead atoms. The summed E-state index contributed by atoms with van der Waals surface area (Å²) in [5.74, 6) is -0.0886. The lowest BCUT2D eigenvalue weighted by atomic mass is 10.2. The molecule has 0 saturated heterocycles. The molecule has 0 atom stereocenters. The Morgan fingerprint density at radius 3 is 2.69 bits per heavy atom. The lowest BCUT2D eigenvalue weighted by Crippen LogP contribution is -2.12. The maximum Gasteiger partial charge on any atom is 0.267 e. The number of anilines is 1. The molecule has 3 nitrogen and oxygen atoms in total. The number of carbonyl (C=O) groups excluding carboxylic acids is 1. The predicted molar refractivity (Wildman–Crippen MR) is 66.0 cm³/mol. The van der Waals surface area contributed by atoms with Crippen LogP contribution in [-0.4, -0.2) is 10.9 Å². The topological polar surface area (TPSA) is 42.0 Å². The molecule has 1 aromatic heterocycles. The minimum atomic E-state index is -0.0886. The van der Waals surface area contributed by atoms with Crippen LogP contribution >= 0.6 is 11.3 Å². The van der Waals surface area contributed by atoms with Gasteiger partial charge in [-0.1, -0.05) is 18.2 Å². The summed E-state index contributed by atoms with van der Waals surface area (Å²) in [4.78, 5) is 16.6. The molecule has 1 amide bonds. The van der Waals surface area contributed by atoms with E-state index in [1.807, 2.05) is 38.1 Å². The van der Waals surface area contributed by atoms with Gasteiger partial charge in [0.25, 0.3) is 5.91 Å². The number of hydrogen-bond acceptors (Lipinski definition) is 3. The van der Waals surface area contributed by atoms with Crippen molar-refractivity contribution < 1.29 is 4.79 Å². The molecule has 4 heteroatoms. The van der Waals surface area contributed by atoms with Gasteiger partial charge in [0.2, 0.25) is 0 Å². The number of benzene rings is 1. The maximum atomic E-state index is 11.9. The quantitative estimate of drug-likeness (QED) is 0.864. The minimum Gasteiger partial charge on any atom is -0.321 e. The minimum absolute atomic E-state index is 0.0886. The highest BCUT2D eigenvalue weighted by molar-refractivity contribution is 7.12. The Labute approximate surface area is 98.2 Å². The van der Waals surface area contributed by atoms with E-state index in [4.69, 9.17) is 0 Å². The number of hydrogen-bond donors (Lipinski definition) is 1. The van der Waals surface area contributed by atoms with E-state index in [2.05, 4.69) is 10.3 Å². The summed E-state index contributed by atoms with van der Waals surface area (Å²) in [5.41, 5.74) is 4.36. The van der Waals surface area contributed by atoms with Gasteiger partial charge in [-0.25, -0.2) is 4.98 Å². The van der Waals surface area contributed by atoms with E-state index in [0.29, 0.717) is 4.88 Å². The van der Waals surface area contributed by atoms with Crippen LogP contribution in [0.15, 0.2) is 29.8 Å². The van der Waals surface area contributed by atoms with Crippen LogP contribution in [0.4, 0.5) is 5.69 Å². The first-order chi connectivity index (χ1) is 7.68. The van der Waals surface area contributed by atoms with Crippen LogP contribution < -0.4 is 5.32 Å². The molecule has 1 N–H and O–H groups in total. The molecule has 0 fully saturated rings. The zero-order chi connectivity index (χ0) is 11.5. The fourth-order valence-corrected chi connectivity index (χ4v) is 2.11. The molecule has 2 aromatic rings. The average molecular weight is 232 g/mol. The Morgan fingerprint density at radius 2 is 2.06 bits per heavy atom. The molecule has 16 heavy (non-hydrogen) atoms. The first kappa shape index (κ1) is 10.8. The van der Waals surface area contributed by atoms with Crippen LogP contribution in [0.25, 0.3) is 0 Å². The summed E-state index contributed by atoms with van der Waals surface area (Å²) in [5, 5.41) is 2.88. The van der Waals surface area contributed by atoms with Gasteiger partial charge in [0.05, 0.1) is 11.2 Å². The van der Waals surface area contributed by atoms with E-state index in [9.17, 15) is 4.79 Å². The molecule has 2 rings (SSSR count). The molecular weight excluding hydrogens is 220 g/mol. The summed E-state index contributed by atoms with van der Waals surface area (Å²) >= 11 is 1.36. The van der Waals surface area contributed by atoms with E-state index in [1.165, 1.54) is 11.3 Å². The summed E-state index contributed by atoms with van der Waals surface area (Å²) < 4.78 is 0. The van der Waals surface area contributed by atoms with Crippen molar-refractivity contribution in [1.82, 2.24) is 4.98 Å². The first-order valence-corrected chi connectivity index (χ1v) is 5.83. The van der Waals surface area contributed by atoms with Gasteiger partial charge in [0.1, 0.15) is 4.88 Å². The molecular formula is C12H12N2OS. The third-order valence-corrected chi connectivity index (χ3v) is 3.27. The molecule has 0 saturated carbocycles. The van der Waals surface area contributed by atoms with Crippen molar-refractivity contribution in [2.75, 3.05) is 5.32 Å². The molecule has 0 aliphatic rings. The van der Waals surface area contributed by atoms with Crippen molar-refractivity contribution in [2.45, 2.75) is 13.8 Å². The maximum absolute atomic E-state index is 11.9. The number of nitrogens with one attached hydrogen (secondary N) is 1. The van der Waals surface area contributed by atoms with Crippen LogP contribution in [0.1, 0.15) is 20.9 Å². The normalized spacial score (nSPS) is 10.1. The second-order valence-corrected chi connectivity index (χ2v) is 4.39. The summed E-state index contributed by atoms with van der Waals surface area (Å²) in [7, 11) is 0. The average Bonchev–Trinajstić information content (AvgIpc) is 2.68. The molecule has 0 aliphatic heterocycles. The number of aryl methyl sites for hydroxylation is 2. The fourth-order valence-electron chi connectivity index (χ4n) is 1.41. The molecule has 0 unspecified atom stereocenters. The number of aromatic nitrogens is 1. The number of para-hydroxylation sites is 1.